The molecule has 0 unspecified atom stereocenters. The lowest BCUT2D eigenvalue weighted by atomic mass is 10.1. The van der Waals surface area contributed by atoms with E-state index in [-0.39, 0.29) is 21.8 Å². The summed E-state index contributed by atoms with van der Waals surface area (Å²) in [5.41, 5.74) is -1.82. The van der Waals surface area contributed by atoms with E-state index < -0.39 is 89.8 Å². The second-order valence-electron chi connectivity index (χ2n) is 30.5. The number of rotatable bonds is 45. The molecule has 9 aromatic rings. The number of Topliss-reactive ketones (excluding diaryl/α,β-unsaturated/α-hetero) is 3. The molecule has 740 valence electrons. The van der Waals surface area contributed by atoms with Crippen molar-refractivity contribution in [2.75, 3.05) is 51.8 Å². The molecule has 0 radical (unpaired) electrons. The highest BCUT2D eigenvalue weighted by molar-refractivity contribution is 8.13. The van der Waals surface area contributed by atoms with Crippen molar-refractivity contribution in [1.82, 2.24) is 0 Å². The van der Waals surface area contributed by atoms with Crippen LogP contribution >= 0.6 is 0 Å². The molecule has 0 aliphatic carbocycles. The summed E-state index contributed by atoms with van der Waals surface area (Å²) in [7, 11) is -26.4. The highest BCUT2D eigenvalue weighted by atomic mass is 32.3. The van der Waals surface area contributed by atoms with Crippen molar-refractivity contribution < 1.29 is 112 Å². The van der Waals surface area contributed by atoms with E-state index >= 15 is 0 Å². The zero-order valence-corrected chi connectivity index (χ0v) is 84.0. The Morgan fingerprint density at radius 1 is 0.324 bits per heavy atom. The number of sulfone groups is 1. The van der Waals surface area contributed by atoms with Gasteiger partial charge < -0.3 is 38.3 Å². The van der Waals surface area contributed by atoms with Gasteiger partial charge in [0, 0.05) is 16.7 Å². The van der Waals surface area contributed by atoms with E-state index in [9.17, 15) is 112 Å². The molecule has 38 heteroatoms. The van der Waals surface area contributed by atoms with E-state index in [2.05, 4.69) is 228 Å². The highest BCUT2D eigenvalue weighted by Crippen LogP contribution is 2.54. The van der Waals surface area contributed by atoms with Gasteiger partial charge in [-0.15, -0.1) is 5.54 Å². The lowest BCUT2D eigenvalue weighted by molar-refractivity contribution is -0.322. The van der Waals surface area contributed by atoms with Crippen LogP contribution in [-0.4, -0.2) is 147 Å². The van der Waals surface area contributed by atoms with Crippen LogP contribution in [0, 0.1) is 18.6 Å². The van der Waals surface area contributed by atoms with Gasteiger partial charge in [-0.3, -0.25) is 27.5 Å². The fraction of sp³-hybridized carbons (Fsp3) is 0.367. The molecule has 0 aromatic heterocycles. The Morgan fingerprint density at radius 2 is 0.515 bits per heavy atom. The smallest absolute Gasteiger partial charge is 0.431 e. The maximum atomic E-state index is 13.7. The Hall–Kier alpha value is -9.45. The van der Waals surface area contributed by atoms with Crippen LogP contribution in [-0.2, 0) is 104 Å². The first-order chi connectivity index (χ1) is 64.0. The SMILES string of the molecule is CCCC[S+](CCCC)CC(=O)c1ccccc1.CCCC[S+](CCCC)CC(=O)c1ccccc1.CCCC[S+](CCCC)CC(=O)c1ccccc1.O=C([O-])C(F)(F)S(=O)(=O)[N-]S(=O)(=O)C(F)(F)C(=O)[O-].[C-]#[N+][C-]([N+]#[C-])S(=O)(=O)C(F)(F)C(F)(F)C(F)(F)S(=O)(=O)[N-]C(C)(C)C.c1ccc([S+](c2ccccc2)c2ccccc2)cc1.c1ccc([S+](c2ccccc2)c2ccccc2)cc1. The van der Waals surface area contributed by atoms with Crippen LogP contribution in [0.15, 0.2) is 302 Å². The summed E-state index contributed by atoms with van der Waals surface area (Å²) < 4.78 is 222. The summed E-state index contributed by atoms with van der Waals surface area (Å²) in [6.07, 6.45) is 14.9. The van der Waals surface area contributed by atoms with E-state index in [1.54, 1.807) is 9.69 Å². The zero-order valence-electron chi connectivity index (χ0n) is 76.7. The number of carboxylic acids is 2. The largest absolute Gasteiger partial charge is 0.543 e. The number of unbranched alkanes of at least 4 members (excludes halogenated alkanes) is 6. The van der Waals surface area contributed by atoms with Gasteiger partial charge in [-0.1, -0.05) is 301 Å². The standard InChI is InChI=1S/2C18H15S.3C16H25OS.C10H9F6N3O4S2.C4H2F4NO8S2/c2*1-4-10-16(11-5-1)19(17-12-6-2-7-13-17)18-14-8-3-9-15-18;3*1-3-5-12-18(13-6-4-2)14-16(17)15-10-8-7-9-11-15;1-7(2,3)19-25(22,23)10(15,16)8(11,12)9(13,14)24(20,21)6(17-4)18-5;5-3(6,1(10)11)18(14,15)9-19(16,17)4(7,8)2(12)13/h2*1-15H;3*7-11H,3-6,12-14H2,1-2H3;1-3H3;(H,10,11)(H,12,13)/q5*+1;-2;-1/p-2. The van der Waals surface area contributed by atoms with Crippen LogP contribution in [0.25, 0.3) is 18.5 Å². The van der Waals surface area contributed by atoms with Crippen LogP contribution in [0.3, 0.4) is 0 Å². The molecule has 0 spiro atoms. The minimum atomic E-state index is -7.03. The Bertz CT molecular complexity index is 5070. The summed E-state index contributed by atoms with van der Waals surface area (Å²) >= 11 is 0. The quantitative estimate of drug-likeness (QED) is 0.0148. The lowest BCUT2D eigenvalue weighted by Gasteiger charge is -2.41. The molecule has 0 saturated carbocycles. The second kappa shape index (κ2) is 59.7. The van der Waals surface area contributed by atoms with Crippen molar-refractivity contribution in [2.45, 2.75) is 201 Å². The van der Waals surface area contributed by atoms with Gasteiger partial charge >= 0.3 is 32.4 Å². The number of halogens is 10. The van der Waals surface area contributed by atoms with Crippen LogP contribution in [0.4, 0.5) is 43.9 Å². The molecule has 0 atom stereocenters. The molecule has 136 heavy (non-hydrogen) atoms. The molecule has 19 nitrogen and oxygen atoms in total. The number of carbonyl (C=O) groups is 5. The number of carbonyl (C=O) groups excluding carboxylic acids is 5. The minimum Gasteiger partial charge on any atom is -0.543 e. The topological polar surface area (TPSA) is 305 Å². The first kappa shape index (κ1) is 121. The maximum absolute atomic E-state index is 13.7. The Balaban J connectivity index is 0.000000409. The fourth-order valence-electron chi connectivity index (χ4n) is 11.3. The van der Waals surface area contributed by atoms with Crippen molar-refractivity contribution in [3.8, 4) is 0 Å². The summed E-state index contributed by atoms with van der Waals surface area (Å²) in [6.45, 7) is 28.3. The monoisotopic (exact) mass is 2060 g/mol. The van der Waals surface area contributed by atoms with Gasteiger partial charge in [0.2, 0.25) is 17.3 Å². The second-order valence-corrected chi connectivity index (χ2v) is 48.6. The molecule has 0 bridgehead atoms. The number of sulfonamides is 3. The highest BCUT2D eigenvalue weighted by Gasteiger charge is 2.81. The third-order valence-corrected chi connectivity index (χ3v) is 36.6. The van der Waals surface area contributed by atoms with Crippen LogP contribution in [0.5, 0.6) is 0 Å². The van der Waals surface area contributed by atoms with Gasteiger partial charge in [0.1, 0.15) is 56.5 Å². The van der Waals surface area contributed by atoms with Crippen molar-refractivity contribution in [2.24, 2.45) is 0 Å². The van der Waals surface area contributed by atoms with Gasteiger partial charge in [-0.2, -0.15) is 43.9 Å². The molecule has 0 fully saturated rings. The molecule has 0 aliphatic rings. The number of ketones is 3. The van der Waals surface area contributed by atoms with E-state index in [0.29, 0.717) is 50.0 Å². The molecule has 0 saturated heterocycles. The molecule has 0 heterocycles. The third-order valence-electron chi connectivity index (χ3n) is 18.4. The van der Waals surface area contributed by atoms with Gasteiger partial charge in [0.15, 0.2) is 66.7 Å². The van der Waals surface area contributed by atoms with E-state index in [1.807, 2.05) is 91.0 Å². The minimum absolute atomic E-state index is 0.0146. The number of aliphatic carboxylic acids is 2. The van der Waals surface area contributed by atoms with Crippen molar-refractivity contribution in [1.29, 1.82) is 0 Å². The summed E-state index contributed by atoms with van der Waals surface area (Å²) in [5.74, 6) is -3.71. The summed E-state index contributed by atoms with van der Waals surface area (Å²) in [6, 6.07) is 93.5. The summed E-state index contributed by atoms with van der Waals surface area (Å²) in [5, 5.41) is -5.90. The number of hydrogen-bond acceptors (Lipinski definition) is 15. The van der Waals surface area contributed by atoms with Crippen LogP contribution in [0.1, 0.15) is 170 Å². The lowest BCUT2D eigenvalue weighted by Crippen LogP contribution is -2.61. The first-order valence-electron chi connectivity index (χ1n) is 42.9. The van der Waals surface area contributed by atoms with Crippen molar-refractivity contribution in [3.63, 3.8) is 0 Å². The van der Waals surface area contributed by atoms with Crippen LogP contribution in [0.2, 0.25) is 0 Å². The van der Waals surface area contributed by atoms with Crippen molar-refractivity contribution >= 4 is 124 Å². The maximum Gasteiger partial charge on any atom is 0.431 e. The number of nitrogens with zero attached hydrogens (tertiary/aromatic N) is 4. The number of benzene rings is 9. The Kier molecular flexibility index (Phi) is 53.0. The van der Waals surface area contributed by atoms with Gasteiger partial charge in [0.05, 0.1) is 21.8 Å². The van der Waals surface area contributed by atoms with E-state index in [4.69, 9.17) is 13.1 Å². The molecular weight excluding hydrogens is 1950 g/mol. The van der Waals surface area contributed by atoms with E-state index in [1.165, 1.54) is 141 Å². The van der Waals surface area contributed by atoms with Crippen molar-refractivity contribution in [3.05, 3.63) is 327 Å². The number of alkyl halides is 10. The van der Waals surface area contributed by atoms with Crippen LogP contribution < -0.4 is 10.2 Å². The predicted octanol–water partition coefficient (Wildman–Crippen LogP) is 21.5. The average molecular weight is 2070 g/mol. The molecule has 0 aliphatic heterocycles. The molecule has 0 amide bonds. The Labute approximate surface area is 809 Å². The molecule has 0 N–H and O–H groups in total. The number of carboxylic acid groups (broad SMARTS) is 2. The fourth-order valence-corrected chi connectivity index (χ4v) is 27.2. The molecular formula is C98H114F10N4O15S9. The molecule has 9 rings (SSSR count). The Morgan fingerprint density at radius 3 is 0.684 bits per heavy atom. The average Bonchev–Trinajstić information content (AvgIpc) is 0.712. The predicted molar refractivity (Wildman–Crippen MR) is 524 cm³/mol. The van der Waals surface area contributed by atoms with Gasteiger partial charge in [-0.05, 0) is 144 Å². The first-order valence-corrected chi connectivity index (χ1v) is 56.4. The molecule has 9 aromatic carbocycles. The van der Waals surface area contributed by atoms with E-state index in [0.717, 1.165) is 58.8 Å². The third kappa shape index (κ3) is 38.4. The van der Waals surface area contributed by atoms with Gasteiger partial charge in [0.25, 0.3) is 9.84 Å². The zero-order chi connectivity index (χ0) is 102. The summed E-state index contributed by atoms with van der Waals surface area (Å²) in [4.78, 5) is 67.7. The number of hydrogen-bond donors (Lipinski definition) is 0. The normalized spacial score (nSPS) is 11.9. The van der Waals surface area contributed by atoms with Gasteiger partial charge in [-0.25, -0.2) is 33.7 Å².